The molecule has 4 aromatic carbocycles. The Balaban J connectivity index is 1.44. The van der Waals surface area contributed by atoms with Crippen LogP contribution in [0.1, 0.15) is 29.2 Å². The number of benzene rings is 4. The summed E-state index contributed by atoms with van der Waals surface area (Å²) in [7, 11) is 0. The Morgan fingerprint density at radius 1 is 0.694 bits per heavy atom. The third-order valence-corrected chi connectivity index (χ3v) is 5.47. The van der Waals surface area contributed by atoms with Crippen molar-refractivity contribution in [2.45, 2.75) is 19.8 Å². The molecule has 180 valence electrons. The minimum atomic E-state index is -0.357. The number of hydrogen-bond acceptors (Lipinski definition) is 3. The summed E-state index contributed by atoms with van der Waals surface area (Å²) >= 11 is 0. The second kappa shape index (κ2) is 12.9. The molecular formula is C33H30O3. The van der Waals surface area contributed by atoms with Crippen LogP contribution in [-0.4, -0.2) is 11.4 Å². The molecule has 0 aliphatic rings. The molecule has 4 rings (SSSR count). The lowest BCUT2D eigenvalue weighted by Crippen LogP contribution is -2.16. The van der Waals surface area contributed by atoms with Crippen LogP contribution in [-0.2, 0) is 11.3 Å². The van der Waals surface area contributed by atoms with Crippen molar-refractivity contribution in [1.29, 1.82) is 0 Å². The van der Waals surface area contributed by atoms with E-state index in [1.54, 1.807) is 12.1 Å². The molecule has 0 radical (unpaired) electrons. The SMILES string of the molecule is CC(OCc1ccccc1)Oc1ccc(C=C(C=Cc2ccccc2)C=Cc2ccc(O)cc2)cc1. The van der Waals surface area contributed by atoms with Gasteiger partial charge in [-0.2, -0.15) is 0 Å². The first-order chi connectivity index (χ1) is 17.6. The quantitative estimate of drug-likeness (QED) is 0.186. The molecule has 1 atom stereocenters. The van der Waals surface area contributed by atoms with Crippen LogP contribution in [0.5, 0.6) is 11.5 Å². The first-order valence-electron chi connectivity index (χ1n) is 12.0. The van der Waals surface area contributed by atoms with Gasteiger partial charge in [0.15, 0.2) is 6.29 Å². The van der Waals surface area contributed by atoms with Gasteiger partial charge in [0.25, 0.3) is 0 Å². The smallest absolute Gasteiger partial charge is 0.197 e. The molecular weight excluding hydrogens is 444 g/mol. The zero-order valence-corrected chi connectivity index (χ0v) is 20.3. The molecule has 3 nitrogen and oxygen atoms in total. The zero-order valence-electron chi connectivity index (χ0n) is 20.3. The number of allylic oxidation sites excluding steroid dienone is 3. The minimum absolute atomic E-state index is 0.258. The molecule has 0 bridgehead atoms. The van der Waals surface area contributed by atoms with Gasteiger partial charge in [-0.05, 0) is 65.1 Å². The van der Waals surface area contributed by atoms with Crippen LogP contribution in [0, 0.1) is 0 Å². The molecule has 4 aromatic rings. The Hall–Kier alpha value is -4.34. The van der Waals surface area contributed by atoms with Crippen LogP contribution in [0.3, 0.4) is 0 Å². The molecule has 0 saturated carbocycles. The Bertz CT molecular complexity index is 1290. The summed E-state index contributed by atoms with van der Waals surface area (Å²) in [6.07, 6.45) is 10.0. The minimum Gasteiger partial charge on any atom is -0.508 e. The Labute approximate surface area is 213 Å². The van der Waals surface area contributed by atoms with Crippen molar-refractivity contribution in [3.05, 3.63) is 149 Å². The van der Waals surface area contributed by atoms with Gasteiger partial charge in [0.05, 0.1) is 6.61 Å². The van der Waals surface area contributed by atoms with E-state index in [-0.39, 0.29) is 12.0 Å². The summed E-state index contributed by atoms with van der Waals surface area (Å²) in [5, 5.41) is 9.53. The molecule has 0 aliphatic heterocycles. The summed E-state index contributed by atoms with van der Waals surface area (Å²) in [5.74, 6) is 1.02. The second-order valence-electron chi connectivity index (χ2n) is 8.36. The van der Waals surface area contributed by atoms with E-state index in [4.69, 9.17) is 9.47 Å². The lowest BCUT2D eigenvalue weighted by molar-refractivity contribution is -0.0759. The lowest BCUT2D eigenvalue weighted by atomic mass is 10.1. The van der Waals surface area contributed by atoms with Gasteiger partial charge < -0.3 is 14.6 Å². The number of ether oxygens (including phenoxy) is 2. The lowest BCUT2D eigenvalue weighted by Gasteiger charge is -2.15. The molecule has 36 heavy (non-hydrogen) atoms. The van der Waals surface area contributed by atoms with Crippen LogP contribution in [0.15, 0.2) is 127 Å². The molecule has 0 amide bonds. The maximum Gasteiger partial charge on any atom is 0.197 e. The summed E-state index contributed by atoms with van der Waals surface area (Å²) in [6.45, 7) is 2.41. The van der Waals surface area contributed by atoms with Crippen LogP contribution < -0.4 is 4.74 Å². The van der Waals surface area contributed by atoms with Gasteiger partial charge in [-0.3, -0.25) is 0 Å². The maximum absolute atomic E-state index is 9.53. The average Bonchev–Trinajstić information content (AvgIpc) is 2.92. The van der Waals surface area contributed by atoms with Gasteiger partial charge in [0.1, 0.15) is 11.5 Å². The van der Waals surface area contributed by atoms with Crippen molar-refractivity contribution < 1.29 is 14.6 Å². The third-order valence-electron chi connectivity index (χ3n) is 5.47. The van der Waals surface area contributed by atoms with Crippen molar-refractivity contribution >= 4 is 18.2 Å². The van der Waals surface area contributed by atoms with Crippen molar-refractivity contribution in [1.82, 2.24) is 0 Å². The van der Waals surface area contributed by atoms with Crippen LogP contribution in [0.2, 0.25) is 0 Å². The average molecular weight is 475 g/mol. The molecule has 3 heteroatoms. The van der Waals surface area contributed by atoms with Crippen LogP contribution in [0.4, 0.5) is 0 Å². The first kappa shape index (κ1) is 24.8. The van der Waals surface area contributed by atoms with Gasteiger partial charge in [-0.15, -0.1) is 0 Å². The maximum atomic E-state index is 9.53. The van der Waals surface area contributed by atoms with E-state index in [2.05, 4.69) is 36.4 Å². The fraction of sp³-hybridized carbons (Fsp3) is 0.0909. The number of aromatic hydroxyl groups is 1. The van der Waals surface area contributed by atoms with Gasteiger partial charge in [-0.1, -0.05) is 109 Å². The molecule has 1 N–H and O–H groups in total. The van der Waals surface area contributed by atoms with E-state index in [1.165, 1.54) is 0 Å². The van der Waals surface area contributed by atoms with E-state index in [0.29, 0.717) is 6.61 Å². The van der Waals surface area contributed by atoms with E-state index in [9.17, 15) is 5.11 Å². The first-order valence-corrected chi connectivity index (χ1v) is 12.0. The van der Waals surface area contributed by atoms with Gasteiger partial charge in [0, 0.05) is 0 Å². The van der Waals surface area contributed by atoms with Gasteiger partial charge >= 0.3 is 0 Å². The number of rotatable bonds is 10. The highest BCUT2D eigenvalue weighted by molar-refractivity contribution is 5.68. The largest absolute Gasteiger partial charge is 0.508 e. The number of phenols is 1. The van der Waals surface area contributed by atoms with Crippen molar-refractivity contribution in [3.8, 4) is 11.5 Å². The highest BCUT2D eigenvalue weighted by Gasteiger charge is 2.05. The third kappa shape index (κ3) is 8.15. The molecule has 0 heterocycles. The fourth-order valence-electron chi connectivity index (χ4n) is 3.53. The van der Waals surface area contributed by atoms with Crippen molar-refractivity contribution in [3.63, 3.8) is 0 Å². The molecule has 1 unspecified atom stereocenters. The van der Waals surface area contributed by atoms with Crippen molar-refractivity contribution in [2.75, 3.05) is 0 Å². The molecule has 0 spiro atoms. The fourth-order valence-corrected chi connectivity index (χ4v) is 3.53. The van der Waals surface area contributed by atoms with Gasteiger partial charge in [0.2, 0.25) is 0 Å². The summed E-state index contributed by atoms with van der Waals surface area (Å²) in [6, 6.07) is 35.4. The molecule has 0 aromatic heterocycles. The van der Waals surface area contributed by atoms with Crippen LogP contribution in [0.25, 0.3) is 18.2 Å². The van der Waals surface area contributed by atoms with E-state index in [0.717, 1.165) is 33.6 Å². The van der Waals surface area contributed by atoms with E-state index in [1.807, 2.05) is 97.9 Å². The van der Waals surface area contributed by atoms with E-state index < -0.39 is 0 Å². The second-order valence-corrected chi connectivity index (χ2v) is 8.36. The predicted molar refractivity (Wildman–Crippen MR) is 148 cm³/mol. The highest BCUT2D eigenvalue weighted by atomic mass is 16.7. The summed E-state index contributed by atoms with van der Waals surface area (Å²) in [5.41, 5.74) is 5.36. The number of phenolic OH excluding ortho intramolecular Hbond substituents is 1. The Morgan fingerprint density at radius 2 is 1.25 bits per heavy atom. The normalized spacial score (nSPS) is 12.8. The summed E-state index contributed by atoms with van der Waals surface area (Å²) in [4.78, 5) is 0. The number of hydrogen-bond donors (Lipinski definition) is 1. The van der Waals surface area contributed by atoms with Crippen molar-refractivity contribution in [2.24, 2.45) is 0 Å². The monoisotopic (exact) mass is 474 g/mol. The summed E-state index contributed by atoms with van der Waals surface area (Å²) < 4.78 is 11.7. The Morgan fingerprint density at radius 3 is 1.89 bits per heavy atom. The Kier molecular flexibility index (Phi) is 8.90. The molecule has 0 saturated heterocycles. The standard InChI is InChI=1S/C33H30O3/c1-26(35-25-31-10-6-3-7-11-31)36-33-22-18-30(19-23-33)24-29(14-12-27-8-4-2-5-9-27)15-13-28-16-20-32(34)21-17-28/h2-24,26,34H,25H2,1H3. The van der Waals surface area contributed by atoms with Crippen LogP contribution >= 0.6 is 0 Å². The molecule has 0 aliphatic carbocycles. The zero-order chi connectivity index (χ0) is 25.0. The predicted octanol–water partition coefficient (Wildman–Crippen LogP) is 8.14. The highest BCUT2D eigenvalue weighted by Crippen LogP contribution is 2.19. The van der Waals surface area contributed by atoms with E-state index >= 15 is 0 Å². The molecule has 0 fully saturated rings. The topological polar surface area (TPSA) is 38.7 Å². The van der Waals surface area contributed by atoms with Gasteiger partial charge in [-0.25, -0.2) is 0 Å².